The predicted octanol–water partition coefficient (Wildman–Crippen LogP) is 2.48. The van der Waals surface area contributed by atoms with Gasteiger partial charge in [0, 0.05) is 17.3 Å². The molecular weight excluding hydrogens is 256 g/mol. The third kappa shape index (κ3) is 3.35. The molecule has 5 nitrogen and oxygen atoms in total. The molecule has 108 valence electrons. The lowest BCUT2D eigenvalue weighted by Gasteiger charge is -2.37. The van der Waals surface area contributed by atoms with Gasteiger partial charge in [0.2, 0.25) is 0 Å². The zero-order valence-corrected chi connectivity index (χ0v) is 11.8. The molecule has 2 rings (SSSR count). The molecule has 1 heterocycles. The first-order valence-electron chi connectivity index (χ1n) is 6.91. The predicted molar refractivity (Wildman–Crippen MR) is 74.7 cm³/mol. The van der Waals surface area contributed by atoms with Gasteiger partial charge in [0.1, 0.15) is 5.69 Å². The number of nitrogens with one attached hydrogen (secondary N) is 1. The molecule has 5 heteroatoms. The van der Waals surface area contributed by atoms with E-state index >= 15 is 0 Å². The minimum atomic E-state index is -1.13. The van der Waals surface area contributed by atoms with E-state index in [0.29, 0.717) is 11.5 Å². The van der Waals surface area contributed by atoms with Gasteiger partial charge in [0.05, 0.1) is 0 Å². The molecular formula is C15H20N2O3. The van der Waals surface area contributed by atoms with Gasteiger partial charge < -0.3 is 10.4 Å². The van der Waals surface area contributed by atoms with Crippen LogP contribution in [0.5, 0.6) is 0 Å². The average Bonchev–Trinajstić information content (AvgIpc) is 2.42. The van der Waals surface area contributed by atoms with Crippen molar-refractivity contribution in [1.82, 2.24) is 10.3 Å². The number of nitrogens with zero attached hydrogens (tertiary/aromatic N) is 1. The van der Waals surface area contributed by atoms with Gasteiger partial charge in [-0.15, -0.1) is 0 Å². The van der Waals surface area contributed by atoms with Gasteiger partial charge in [0.25, 0.3) is 5.91 Å². The van der Waals surface area contributed by atoms with E-state index in [2.05, 4.69) is 24.1 Å². The summed E-state index contributed by atoms with van der Waals surface area (Å²) in [4.78, 5) is 26.8. The summed E-state index contributed by atoms with van der Waals surface area (Å²) in [7, 11) is 0. The van der Waals surface area contributed by atoms with Crippen LogP contribution >= 0.6 is 0 Å². The zero-order valence-electron chi connectivity index (χ0n) is 11.8. The summed E-state index contributed by atoms with van der Waals surface area (Å²) in [6.45, 7) is 4.28. The normalized spacial score (nSPS) is 26.0. The number of hydrogen-bond donors (Lipinski definition) is 2. The maximum Gasteiger partial charge on any atom is 0.354 e. The molecule has 20 heavy (non-hydrogen) atoms. The largest absolute Gasteiger partial charge is 0.477 e. The van der Waals surface area contributed by atoms with Crippen molar-refractivity contribution in [3.05, 3.63) is 29.6 Å². The molecule has 0 atom stereocenters. The van der Waals surface area contributed by atoms with Crippen molar-refractivity contribution in [3.8, 4) is 0 Å². The first-order chi connectivity index (χ1) is 9.39. The maximum atomic E-state index is 12.2. The molecule has 0 aromatic carbocycles. The van der Waals surface area contributed by atoms with E-state index < -0.39 is 5.97 Å². The first kappa shape index (κ1) is 14.5. The van der Waals surface area contributed by atoms with Crippen molar-refractivity contribution in [2.75, 3.05) is 0 Å². The summed E-state index contributed by atoms with van der Waals surface area (Å²) in [5, 5.41) is 11.9. The third-order valence-corrected chi connectivity index (χ3v) is 4.03. The number of hydrogen-bond acceptors (Lipinski definition) is 3. The smallest absolute Gasteiger partial charge is 0.354 e. The molecule has 1 amide bonds. The Balaban J connectivity index is 2.08. The highest BCUT2D eigenvalue weighted by Crippen LogP contribution is 2.31. The van der Waals surface area contributed by atoms with Gasteiger partial charge in [-0.2, -0.15) is 0 Å². The van der Waals surface area contributed by atoms with Gasteiger partial charge >= 0.3 is 5.97 Å². The fraction of sp³-hybridized carbons (Fsp3) is 0.533. The first-order valence-corrected chi connectivity index (χ1v) is 6.91. The second-order valence-electron chi connectivity index (χ2n) is 5.93. The standard InChI is InChI=1S/C15H20N2O3/c1-10-3-6-15(2,7-4-10)17-13(18)11-5-8-16-12(9-11)14(19)20/h5,8-10H,3-4,6-7H2,1-2H3,(H,17,18)(H,19,20). The molecule has 2 N–H and O–H groups in total. The highest BCUT2D eigenvalue weighted by atomic mass is 16.4. The van der Waals surface area contributed by atoms with Crippen LogP contribution in [0, 0.1) is 5.92 Å². The maximum absolute atomic E-state index is 12.2. The minimum Gasteiger partial charge on any atom is -0.477 e. The molecule has 0 spiro atoms. The Hall–Kier alpha value is -1.91. The van der Waals surface area contributed by atoms with Crippen LogP contribution in [-0.2, 0) is 0 Å². The third-order valence-electron chi connectivity index (χ3n) is 4.03. The van der Waals surface area contributed by atoms with E-state index in [0.717, 1.165) is 25.7 Å². The summed E-state index contributed by atoms with van der Waals surface area (Å²) in [6.07, 6.45) is 5.47. The Labute approximate surface area is 118 Å². The number of amides is 1. The summed E-state index contributed by atoms with van der Waals surface area (Å²) in [5.41, 5.74) is 0.0355. The lowest BCUT2D eigenvalue weighted by atomic mass is 9.78. The Kier molecular flexibility index (Phi) is 4.06. The number of aromatic nitrogens is 1. The Morgan fingerprint density at radius 2 is 2.05 bits per heavy atom. The number of pyridine rings is 1. The van der Waals surface area contributed by atoms with Crippen molar-refractivity contribution in [3.63, 3.8) is 0 Å². The number of carbonyl (C=O) groups excluding carboxylic acids is 1. The van der Waals surface area contributed by atoms with E-state index in [1.807, 2.05) is 0 Å². The number of carboxylic acid groups (broad SMARTS) is 1. The second-order valence-corrected chi connectivity index (χ2v) is 5.93. The molecule has 0 saturated heterocycles. The highest BCUT2D eigenvalue weighted by Gasteiger charge is 2.31. The number of carboxylic acids is 1. The summed E-state index contributed by atoms with van der Waals surface area (Å²) < 4.78 is 0. The Morgan fingerprint density at radius 1 is 1.40 bits per heavy atom. The van der Waals surface area contributed by atoms with E-state index in [1.165, 1.54) is 18.3 Å². The van der Waals surface area contributed by atoms with Gasteiger partial charge in [-0.05, 0) is 50.7 Å². The van der Waals surface area contributed by atoms with E-state index in [1.54, 1.807) is 0 Å². The van der Waals surface area contributed by atoms with Crippen LogP contribution in [0.15, 0.2) is 18.3 Å². The molecule has 1 aliphatic rings. The van der Waals surface area contributed by atoms with Crippen molar-refractivity contribution < 1.29 is 14.7 Å². The van der Waals surface area contributed by atoms with Crippen molar-refractivity contribution in [2.45, 2.75) is 45.1 Å². The van der Waals surface area contributed by atoms with Crippen LogP contribution in [0.2, 0.25) is 0 Å². The van der Waals surface area contributed by atoms with Crippen LogP contribution in [0.1, 0.15) is 60.4 Å². The van der Waals surface area contributed by atoms with Crippen molar-refractivity contribution in [1.29, 1.82) is 0 Å². The number of carbonyl (C=O) groups is 2. The highest BCUT2D eigenvalue weighted by molar-refractivity contribution is 5.97. The van der Waals surface area contributed by atoms with Crippen molar-refractivity contribution >= 4 is 11.9 Å². The second kappa shape index (κ2) is 5.61. The van der Waals surface area contributed by atoms with E-state index in [4.69, 9.17) is 5.11 Å². The molecule has 0 bridgehead atoms. The molecule has 1 aromatic rings. The minimum absolute atomic E-state index is 0.111. The lowest BCUT2D eigenvalue weighted by molar-refractivity contribution is 0.0690. The van der Waals surface area contributed by atoms with E-state index in [9.17, 15) is 9.59 Å². The van der Waals surface area contributed by atoms with Gasteiger partial charge in [0.15, 0.2) is 0 Å². The molecule has 1 fully saturated rings. The molecule has 1 aliphatic carbocycles. The van der Waals surface area contributed by atoms with Crippen LogP contribution in [0.4, 0.5) is 0 Å². The molecule has 0 radical (unpaired) electrons. The summed E-state index contributed by atoms with van der Waals surface area (Å²) in [6, 6.07) is 2.85. The van der Waals surface area contributed by atoms with Crippen LogP contribution < -0.4 is 5.32 Å². The van der Waals surface area contributed by atoms with Gasteiger partial charge in [-0.25, -0.2) is 9.78 Å². The van der Waals surface area contributed by atoms with Crippen LogP contribution in [0.25, 0.3) is 0 Å². The van der Waals surface area contributed by atoms with Crippen LogP contribution in [0.3, 0.4) is 0 Å². The summed E-state index contributed by atoms with van der Waals surface area (Å²) in [5.74, 6) is -0.649. The van der Waals surface area contributed by atoms with Gasteiger partial charge in [-0.3, -0.25) is 4.79 Å². The fourth-order valence-corrected chi connectivity index (χ4v) is 2.56. The fourth-order valence-electron chi connectivity index (χ4n) is 2.56. The number of rotatable bonds is 3. The lowest BCUT2D eigenvalue weighted by Crippen LogP contribution is -2.48. The van der Waals surface area contributed by atoms with Gasteiger partial charge in [-0.1, -0.05) is 6.92 Å². The monoisotopic (exact) mass is 276 g/mol. The summed E-state index contributed by atoms with van der Waals surface area (Å²) >= 11 is 0. The topological polar surface area (TPSA) is 79.3 Å². The molecule has 1 aromatic heterocycles. The Bertz CT molecular complexity index is 520. The van der Waals surface area contributed by atoms with Crippen LogP contribution in [-0.4, -0.2) is 27.5 Å². The Morgan fingerprint density at radius 3 is 2.65 bits per heavy atom. The molecule has 0 aliphatic heterocycles. The molecule has 0 unspecified atom stereocenters. The average molecular weight is 276 g/mol. The quantitative estimate of drug-likeness (QED) is 0.889. The SMILES string of the molecule is CC1CCC(C)(NC(=O)c2ccnc(C(=O)O)c2)CC1. The van der Waals surface area contributed by atoms with E-state index in [-0.39, 0.29) is 17.1 Å². The van der Waals surface area contributed by atoms with Crippen molar-refractivity contribution in [2.24, 2.45) is 5.92 Å². The molecule has 1 saturated carbocycles. The number of aromatic carboxylic acids is 1. The zero-order chi connectivity index (χ0) is 14.8.